The van der Waals surface area contributed by atoms with Crippen molar-refractivity contribution in [2.45, 2.75) is 58.5 Å². The third kappa shape index (κ3) is 4.73. The minimum atomic E-state index is 0.685. The zero-order valence-corrected chi connectivity index (χ0v) is 13.2. The van der Waals surface area contributed by atoms with Crippen LogP contribution in [0.15, 0.2) is 0 Å². The topological polar surface area (TPSA) is 18.5 Å². The molecule has 112 valence electrons. The summed E-state index contributed by atoms with van der Waals surface area (Å²) in [6.45, 7) is 14.3. The third-order valence-electron chi connectivity index (χ3n) is 4.81. The maximum atomic E-state index is 3.59. The van der Waals surface area contributed by atoms with Crippen LogP contribution in [-0.2, 0) is 0 Å². The zero-order valence-electron chi connectivity index (χ0n) is 13.2. The maximum absolute atomic E-state index is 3.59. The van der Waals surface area contributed by atoms with E-state index in [0.717, 1.165) is 25.0 Å². The largest absolute Gasteiger partial charge is 0.315 e. The van der Waals surface area contributed by atoms with Crippen molar-refractivity contribution in [2.75, 3.05) is 39.3 Å². The van der Waals surface area contributed by atoms with Gasteiger partial charge >= 0.3 is 0 Å². The Morgan fingerprint density at radius 3 is 2.16 bits per heavy atom. The Hall–Kier alpha value is -0.120. The highest BCUT2D eigenvalue weighted by Crippen LogP contribution is 2.24. The van der Waals surface area contributed by atoms with Crippen LogP contribution in [0.5, 0.6) is 0 Å². The van der Waals surface area contributed by atoms with Gasteiger partial charge in [-0.1, -0.05) is 26.7 Å². The van der Waals surface area contributed by atoms with E-state index in [-0.39, 0.29) is 0 Å². The van der Waals surface area contributed by atoms with Crippen molar-refractivity contribution in [1.29, 1.82) is 0 Å². The van der Waals surface area contributed by atoms with Crippen LogP contribution in [0.1, 0.15) is 46.5 Å². The molecule has 1 saturated heterocycles. The van der Waals surface area contributed by atoms with Gasteiger partial charge < -0.3 is 5.32 Å². The molecule has 1 atom stereocenters. The molecule has 0 radical (unpaired) electrons. The summed E-state index contributed by atoms with van der Waals surface area (Å²) in [7, 11) is 0. The first kappa shape index (κ1) is 15.3. The molecular weight excluding hydrogens is 234 g/mol. The fraction of sp³-hybridized carbons (Fsp3) is 1.00. The van der Waals surface area contributed by atoms with Crippen LogP contribution in [-0.4, -0.2) is 61.2 Å². The molecule has 0 bridgehead atoms. The summed E-state index contributed by atoms with van der Waals surface area (Å²) in [4.78, 5) is 5.41. The Morgan fingerprint density at radius 1 is 0.947 bits per heavy atom. The Labute approximate surface area is 119 Å². The molecule has 0 amide bonds. The van der Waals surface area contributed by atoms with Gasteiger partial charge in [0.15, 0.2) is 0 Å². The summed E-state index contributed by atoms with van der Waals surface area (Å²) < 4.78 is 0. The minimum Gasteiger partial charge on any atom is -0.315 e. The van der Waals surface area contributed by atoms with E-state index in [9.17, 15) is 0 Å². The molecule has 1 heterocycles. The van der Waals surface area contributed by atoms with Gasteiger partial charge in [0.25, 0.3) is 0 Å². The average Bonchev–Trinajstić information content (AvgIpc) is 2.92. The van der Waals surface area contributed by atoms with Crippen molar-refractivity contribution >= 4 is 0 Å². The van der Waals surface area contributed by atoms with Gasteiger partial charge in [-0.2, -0.15) is 0 Å². The second-order valence-corrected chi connectivity index (χ2v) is 6.91. The molecule has 19 heavy (non-hydrogen) atoms. The first-order valence-electron chi connectivity index (χ1n) is 8.35. The van der Waals surface area contributed by atoms with E-state index < -0.39 is 0 Å². The highest BCUT2D eigenvalue weighted by molar-refractivity contribution is 4.84. The van der Waals surface area contributed by atoms with Gasteiger partial charge in [0.2, 0.25) is 0 Å². The highest BCUT2D eigenvalue weighted by atomic mass is 15.3. The van der Waals surface area contributed by atoms with E-state index >= 15 is 0 Å². The van der Waals surface area contributed by atoms with Crippen LogP contribution < -0.4 is 5.32 Å². The van der Waals surface area contributed by atoms with E-state index in [4.69, 9.17) is 0 Å². The number of nitrogens with zero attached hydrogens (tertiary/aromatic N) is 2. The molecule has 0 spiro atoms. The fourth-order valence-corrected chi connectivity index (χ4v) is 3.52. The Morgan fingerprint density at radius 2 is 1.58 bits per heavy atom. The summed E-state index contributed by atoms with van der Waals surface area (Å²) in [5, 5.41) is 3.59. The summed E-state index contributed by atoms with van der Waals surface area (Å²) in [6, 6.07) is 1.60. The van der Waals surface area contributed by atoms with Crippen LogP contribution in [0.25, 0.3) is 0 Å². The molecule has 0 aromatic carbocycles. The molecule has 3 nitrogen and oxygen atoms in total. The number of piperazine rings is 1. The van der Waals surface area contributed by atoms with Gasteiger partial charge in [0, 0.05) is 44.8 Å². The molecule has 2 rings (SSSR count). The first-order valence-corrected chi connectivity index (χ1v) is 8.35. The van der Waals surface area contributed by atoms with Crippen molar-refractivity contribution in [1.82, 2.24) is 15.1 Å². The molecule has 2 fully saturated rings. The number of nitrogens with one attached hydrogen (secondary N) is 1. The highest BCUT2D eigenvalue weighted by Gasteiger charge is 2.27. The monoisotopic (exact) mass is 267 g/mol. The Balaban J connectivity index is 1.64. The van der Waals surface area contributed by atoms with Crippen LogP contribution >= 0.6 is 0 Å². The second kappa shape index (κ2) is 7.61. The lowest BCUT2D eigenvalue weighted by molar-refractivity contribution is 0.0748. The van der Waals surface area contributed by atoms with Crippen molar-refractivity contribution in [3.05, 3.63) is 0 Å². The van der Waals surface area contributed by atoms with Crippen molar-refractivity contribution in [3.8, 4) is 0 Å². The van der Waals surface area contributed by atoms with Gasteiger partial charge in [-0.05, 0) is 32.2 Å². The molecule has 1 unspecified atom stereocenters. The van der Waals surface area contributed by atoms with Gasteiger partial charge in [-0.15, -0.1) is 0 Å². The van der Waals surface area contributed by atoms with Crippen LogP contribution in [0.2, 0.25) is 0 Å². The standard InChI is InChI=1S/C16H33N3/c1-14(2)12-17-13-15(3)18-8-10-19(11-9-18)16-6-4-5-7-16/h14-17H,4-13H2,1-3H3. The third-order valence-corrected chi connectivity index (χ3v) is 4.81. The van der Waals surface area contributed by atoms with E-state index in [0.29, 0.717) is 6.04 Å². The van der Waals surface area contributed by atoms with Crippen LogP contribution in [0.3, 0.4) is 0 Å². The molecule has 0 aromatic heterocycles. The number of hydrogen-bond donors (Lipinski definition) is 1. The molecule has 0 aromatic rings. The second-order valence-electron chi connectivity index (χ2n) is 6.91. The van der Waals surface area contributed by atoms with Crippen LogP contribution in [0, 0.1) is 5.92 Å². The summed E-state index contributed by atoms with van der Waals surface area (Å²) in [5.74, 6) is 0.756. The van der Waals surface area contributed by atoms with Crippen molar-refractivity contribution in [3.63, 3.8) is 0 Å². The van der Waals surface area contributed by atoms with Crippen LogP contribution in [0.4, 0.5) is 0 Å². The lowest BCUT2D eigenvalue weighted by atomic mass is 10.1. The summed E-state index contributed by atoms with van der Waals surface area (Å²) in [6.07, 6.45) is 5.82. The van der Waals surface area contributed by atoms with Crippen molar-refractivity contribution < 1.29 is 0 Å². The maximum Gasteiger partial charge on any atom is 0.0193 e. The SMILES string of the molecule is CC(C)CNCC(C)N1CCN(C2CCCC2)CC1. The van der Waals surface area contributed by atoms with Gasteiger partial charge in [-0.25, -0.2) is 0 Å². The van der Waals surface area contributed by atoms with E-state index in [2.05, 4.69) is 35.9 Å². The first-order chi connectivity index (χ1) is 9.16. The minimum absolute atomic E-state index is 0.685. The quantitative estimate of drug-likeness (QED) is 0.796. The summed E-state index contributed by atoms with van der Waals surface area (Å²) >= 11 is 0. The van der Waals surface area contributed by atoms with E-state index in [1.807, 2.05) is 0 Å². The van der Waals surface area contributed by atoms with E-state index in [1.165, 1.54) is 51.9 Å². The Kier molecular flexibility index (Phi) is 6.11. The lowest BCUT2D eigenvalue weighted by Crippen LogP contribution is -2.54. The average molecular weight is 267 g/mol. The normalized spacial score (nSPS) is 25.3. The smallest absolute Gasteiger partial charge is 0.0193 e. The molecular formula is C16H33N3. The molecule has 1 saturated carbocycles. The molecule has 2 aliphatic rings. The molecule has 1 aliphatic carbocycles. The number of hydrogen-bond acceptors (Lipinski definition) is 3. The molecule has 1 aliphatic heterocycles. The lowest BCUT2D eigenvalue weighted by Gasteiger charge is -2.40. The Bertz CT molecular complexity index is 240. The summed E-state index contributed by atoms with van der Waals surface area (Å²) in [5.41, 5.74) is 0. The predicted octanol–water partition coefficient (Wildman–Crippen LogP) is 2.18. The predicted molar refractivity (Wildman–Crippen MR) is 82.6 cm³/mol. The van der Waals surface area contributed by atoms with E-state index in [1.54, 1.807) is 0 Å². The van der Waals surface area contributed by atoms with Gasteiger partial charge in [0.05, 0.1) is 0 Å². The van der Waals surface area contributed by atoms with Gasteiger partial charge in [-0.3, -0.25) is 9.80 Å². The fourth-order valence-electron chi connectivity index (χ4n) is 3.52. The van der Waals surface area contributed by atoms with Gasteiger partial charge in [0.1, 0.15) is 0 Å². The molecule has 3 heteroatoms. The van der Waals surface area contributed by atoms with Crippen molar-refractivity contribution in [2.24, 2.45) is 5.92 Å². The zero-order chi connectivity index (χ0) is 13.7. The number of rotatable bonds is 6. The molecule has 1 N–H and O–H groups in total.